The van der Waals surface area contributed by atoms with Gasteiger partial charge in [-0.2, -0.15) is 10.2 Å². The van der Waals surface area contributed by atoms with E-state index in [4.69, 9.17) is 16.7 Å². The highest BCUT2D eigenvalue weighted by atomic mass is 35.5. The first-order chi connectivity index (χ1) is 13.5. The van der Waals surface area contributed by atoms with Crippen molar-refractivity contribution in [2.24, 2.45) is 0 Å². The topological polar surface area (TPSA) is 58.7 Å². The monoisotopic (exact) mass is 396 g/mol. The highest BCUT2D eigenvalue weighted by molar-refractivity contribution is 6.33. The number of rotatable bonds is 3. The van der Waals surface area contributed by atoms with Gasteiger partial charge in [0.15, 0.2) is 0 Å². The Morgan fingerprint density at radius 1 is 1.32 bits per heavy atom. The maximum Gasteiger partial charge on any atom is 0.246 e. The lowest BCUT2D eigenvalue weighted by Gasteiger charge is -2.46. The third-order valence-electron chi connectivity index (χ3n) is 5.88. The third-order valence-corrected chi connectivity index (χ3v) is 6.17. The van der Waals surface area contributed by atoms with Gasteiger partial charge in [0.05, 0.1) is 34.7 Å². The first kappa shape index (κ1) is 17.5. The van der Waals surface area contributed by atoms with Crippen LogP contribution in [0.2, 0.25) is 5.02 Å². The molecule has 0 spiro atoms. The molecule has 28 heavy (non-hydrogen) atoms. The van der Waals surface area contributed by atoms with Crippen molar-refractivity contribution in [1.29, 1.82) is 0 Å². The quantitative estimate of drug-likeness (QED) is 0.638. The van der Waals surface area contributed by atoms with E-state index in [1.54, 1.807) is 10.7 Å². The fraction of sp³-hybridized carbons (Fsp3) is 0.350. The van der Waals surface area contributed by atoms with Crippen LogP contribution in [-0.2, 0) is 17.9 Å². The van der Waals surface area contributed by atoms with Crippen LogP contribution in [0.4, 0.5) is 0 Å². The average molecular weight is 397 g/mol. The number of hydrogen-bond donors (Lipinski definition) is 0. The molecular formula is C20H21ClN6O. The van der Waals surface area contributed by atoms with Gasteiger partial charge < -0.3 is 4.90 Å². The van der Waals surface area contributed by atoms with Crippen LogP contribution in [0.15, 0.2) is 37.2 Å². The van der Waals surface area contributed by atoms with Gasteiger partial charge in [-0.1, -0.05) is 18.2 Å². The summed E-state index contributed by atoms with van der Waals surface area (Å²) in [5.41, 5.74) is 5.35. The van der Waals surface area contributed by atoms with Gasteiger partial charge in [-0.15, -0.1) is 0 Å². The van der Waals surface area contributed by atoms with Gasteiger partial charge in [0, 0.05) is 44.0 Å². The standard InChI is InChI=1S/C20H21ClN6O/c1-3-19(28)25-10-15(11-25)24-6-7-26-18(12-24)13(2)20(23-26)14-4-5-17-16(21)8-22-27(17)9-14/h3-5,8-9,15H,1,6-7,10-12H2,2H3. The van der Waals surface area contributed by atoms with E-state index < -0.39 is 0 Å². The van der Waals surface area contributed by atoms with Crippen molar-refractivity contribution in [2.75, 3.05) is 19.6 Å². The van der Waals surface area contributed by atoms with Crippen molar-refractivity contribution in [3.63, 3.8) is 0 Å². The maximum absolute atomic E-state index is 11.7. The molecule has 1 saturated heterocycles. The first-order valence-corrected chi connectivity index (χ1v) is 9.78. The molecule has 0 bridgehead atoms. The lowest BCUT2D eigenvalue weighted by molar-refractivity contribution is -0.133. The summed E-state index contributed by atoms with van der Waals surface area (Å²) in [5, 5.41) is 9.81. The third kappa shape index (κ3) is 2.65. The second-order valence-electron chi connectivity index (χ2n) is 7.46. The molecule has 3 aromatic heterocycles. The SMILES string of the molecule is C=CC(=O)N1CC(N2CCn3nc(-c4ccc5c(Cl)cnn5c4)c(C)c3C2)C1. The molecule has 0 radical (unpaired) electrons. The Balaban J connectivity index is 1.39. The van der Waals surface area contributed by atoms with Crippen LogP contribution < -0.4 is 0 Å². The van der Waals surface area contributed by atoms with E-state index in [0.717, 1.165) is 49.5 Å². The summed E-state index contributed by atoms with van der Waals surface area (Å²) in [6.45, 7) is 9.92. The first-order valence-electron chi connectivity index (χ1n) is 9.40. The Bertz CT molecular complexity index is 1090. The highest BCUT2D eigenvalue weighted by Crippen LogP contribution is 2.30. The van der Waals surface area contributed by atoms with Gasteiger partial charge in [-0.3, -0.25) is 14.4 Å². The highest BCUT2D eigenvalue weighted by Gasteiger charge is 2.36. The molecule has 0 saturated carbocycles. The van der Waals surface area contributed by atoms with Crippen LogP contribution in [0, 0.1) is 6.92 Å². The van der Waals surface area contributed by atoms with E-state index in [9.17, 15) is 4.79 Å². The molecule has 7 nitrogen and oxygen atoms in total. The van der Waals surface area contributed by atoms with E-state index in [1.165, 1.54) is 17.3 Å². The molecular weight excluding hydrogens is 376 g/mol. The van der Waals surface area contributed by atoms with Gasteiger partial charge in [0.25, 0.3) is 0 Å². The van der Waals surface area contributed by atoms with Crippen molar-refractivity contribution in [3.05, 3.63) is 53.5 Å². The number of nitrogens with zero attached hydrogens (tertiary/aromatic N) is 6. The molecule has 144 valence electrons. The van der Waals surface area contributed by atoms with Gasteiger partial charge in [-0.05, 0) is 30.7 Å². The zero-order chi connectivity index (χ0) is 19.4. The lowest BCUT2D eigenvalue weighted by Crippen LogP contribution is -2.61. The molecule has 0 atom stereocenters. The largest absolute Gasteiger partial charge is 0.336 e. The summed E-state index contributed by atoms with van der Waals surface area (Å²) in [4.78, 5) is 16.0. The molecule has 0 unspecified atom stereocenters. The summed E-state index contributed by atoms with van der Waals surface area (Å²) in [6, 6.07) is 4.44. The van der Waals surface area contributed by atoms with Crippen LogP contribution in [0.25, 0.3) is 16.8 Å². The van der Waals surface area contributed by atoms with Crippen LogP contribution in [0.5, 0.6) is 0 Å². The summed E-state index contributed by atoms with van der Waals surface area (Å²) in [5.74, 6) is 0.0193. The molecule has 0 aliphatic carbocycles. The van der Waals surface area contributed by atoms with Crippen molar-refractivity contribution in [2.45, 2.75) is 26.1 Å². The minimum absolute atomic E-state index is 0.0193. The number of carbonyl (C=O) groups is 1. The number of likely N-dealkylation sites (tertiary alicyclic amines) is 1. The zero-order valence-electron chi connectivity index (χ0n) is 15.7. The molecule has 2 aliphatic heterocycles. The summed E-state index contributed by atoms with van der Waals surface area (Å²) < 4.78 is 3.91. The van der Waals surface area contributed by atoms with Gasteiger partial charge in [-0.25, -0.2) is 4.52 Å². The predicted octanol–water partition coefficient (Wildman–Crippen LogP) is 2.37. The van der Waals surface area contributed by atoms with Crippen LogP contribution in [-0.4, -0.2) is 60.8 Å². The molecule has 3 aromatic rings. The lowest BCUT2D eigenvalue weighted by atomic mass is 10.0. The number of pyridine rings is 1. The molecule has 8 heteroatoms. The molecule has 1 amide bonds. The van der Waals surface area contributed by atoms with Crippen molar-refractivity contribution in [3.8, 4) is 11.3 Å². The maximum atomic E-state index is 11.7. The Morgan fingerprint density at radius 3 is 2.93 bits per heavy atom. The molecule has 0 N–H and O–H groups in total. The smallest absolute Gasteiger partial charge is 0.246 e. The number of carbonyl (C=O) groups excluding carboxylic acids is 1. The summed E-state index contributed by atoms with van der Waals surface area (Å²) >= 11 is 6.15. The molecule has 2 aliphatic rings. The fourth-order valence-electron chi connectivity index (χ4n) is 4.14. The van der Waals surface area contributed by atoms with E-state index >= 15 is 0 Å². The van der Waals surface area contributed by atoms with Crippen molar-refractivity contribution < 1.29 is 4.79 Å². The Morgan fingerprint density at radius 2 is 2.14 bits per heavy atom. The fourth-order valence-corrected chi connectivity index (χ4v) is 4.33. The Hall–Kier alpha value is -2.64. The van der Waals surface area contributed by atoms with Crippen molar-refractivity contribution in [1.82, 2.24) is 29.2 Å². The number of hydrogen-bond acceptors (Lipinski definition) is 4. The van der Waals surface area contributed by atoms with Gasteiger partial charge in [0.2, 0.25) is 5.91 Å². The zero-order valence-corrected chi connectivity index (χ0v) is 16.4. The normalized spacial score (nSPS) is 17.6. The van der Waals surface area contributed by atoms with Crippen LogP contribution in [0.3, 0.4) is 0 Å². The van der Waals surface area contributed by atoms with E-state index in [-0.39, 0.29) is 5.91 Å². The summed E-state index contributed by atoms with van der Waals surface area (Å²) in [6.07, 6.45) is 5.02. The van der Waals surface area contributed by atoms with E-state index in [0.29, 0.717) is 11.1 Å². The van der Waals surface area contributed by atoms with E-state index in [2.05, 4.69) is 28.2 Å². The second kappa shape index (κ2) is 6.46. The number of halogens is 1. The van der Waals surface area contributed by atoms with E-state index in [1.807, 2.05) is 23.2 Å². The molecule has 1 fully saturated rings. The molecule has 0 aromatic carbocycles. The second-order valence-corrected chi connectivity index (χ2v) is 7.86. The number of fused-ring (bicyclic) bond motifs is 2. The number of aromatic nitrogens is 4. The van der Waals surface area contributed by atoms with Gasteiger partial charge in [0.1, 0.15) is 0 Å². The Labute approximate surface area is 167 Å². The summed E-state index contributed by atoms with van der Waals surface area (Å²) in [7, 11) is 0. The molecule has 5 heterocycles. The minimum Gasteiger partial charge on any atom is -0.336 e. The number of amides is 1. The molecule has 5 rings (SSSR count). The Kier molecular flexibility index (Phi) is 4.03. The minimum atomic E-state index is 0.0193. The van der Waals surface area contributed by atoms with Crippen LogP contribution in [0.1, 0.15) is 11.3 Å². The van der Waals surface area contributed by atoms with Gasteiger partial charge >= 0.3 is 0 Å². The predicted molar refractivity (Wildman–Crippen MR) is 107 cm³/mol. The van der Waals surface area contributed by atoms with Crippen molar-refractivity contribution >= 4 is 23.0 Å². The average Bonchev–Trinajstić information content (AvgIpc) is 3.20. The van der Waals surface area contributed by atoms with Crippen LogP contribution >= 0.6 is 11.6 Å².